The van der Waals surface area contributed by atoms with Gasteiger partial charge in [0.25, 0.3) is 11.5 Å². The lowest BCUT2D eigenvalue weighted by molar-refractivity contribution is 0.0935. The highest BCUT2D eigenvalue weighted by Gasteiger charge is 2.28. The van der Waals surface area contributed by atoms with Gasteiger partial charge < -0.3 is 10.3 Å². The van der Waals surface area contributed by atoms with Crippen LogP contribution in [-0.4, -0.2) is 32.9 Å². The number of aromatic amines is 1. The Morgan fingerprint density at radius 3 is 2.65 bits per heavy atom. The van der Waals surface area contributed by atoms with Crippen molar-refractivity contribution in [2.75, 3.05) is 5.75 Å². The summed E-state index contributed by atoms with van der Waals surface area (Å²) in [6.07, 6.45) is 3.09. The molecule has 0 aromatic carbocycles. The summed E-state index contributed by atoms with van der Waals surface area (Å²) in [7, 11) is 0. The quantitative estimate of drug-likeness (QED) is 0.886. The van der Waals surface area contributed by atoms with Gasteiger partial charge in [-0.15, -0.1) is 0 Å². The van der Waals surface area contributed by atoms with Gasteiger partial charge in [-0.2, -0.15) is 11.8 Å². The van der Waals surface area contributed by atoms with Gasteiger partial charge in [-0.3, -0.25) is 9.59 Å². The number of hydrogen-bond donors (Lipinski definition) is 2. The summed E-state index contributed by atoms with van der Waals surface area (Å²) in [5.74, 6) is 1.41. The van der Waals surface area contributed by atoms with Gasteiger partial charge in [-0.1, -0.05) is 27.7 Å². The smallest absolute Gasteiger partial charge is 0.264 e. The molecule has 1 aromatic rings. The minimum Gasteiger partial charge on any atom is -0.349 e. The Bertz CT molecular complexity index is 634. The molecule has 1 aromatic heterocycles. The average Bonchev–Trinajstić information content (AvgIpc) is 2.84. The molecule has 1 fully saturated rings. The van der Waals surface area contributed by atoms with Crippen molar-refractivity contribution in [2.24, 2.45) is 0 Å². The summed E-state index contributed by atoms with van der Waals surface area (Å²) in [5, 5.41) is 3.63. The van der Waals surface area contributed by atoms with E-state index in [0.717, 1.165) is 25.0 Å². The fourth-order valence-electron chi connectivity index (χ4n) is 2.92. The molecule has 1 aliphatic carbocycles. The summed E-state index contributed by atoms with van der Waals surface area (Å²) < 4.78 is 0. The van der Waals surface area contributed by atoms with E-state index < -0.39 is 0 Å². The molecule has 1 saturated carbocycles. The molecule has 6 heteroatoms. The summed E-state index contributed by atoms with van der Waals surface area (Å²) >= 11 is 1.94. The fourth-order valence-corrected chi connectivity index (χ4v) is 4.07. The second-order valence-electron chi connectivity index (χ2n) is 7.19. The third-order valence-corrected chi connectivity index (χ3v) is 5.39. The molecule has 0 aliphatic heterocycles. The molecule has 0 saturated heterocycles. The average molecular weight is 337 g/mol. The van der Waals surface area contributed by atoms with Gasteiger partial charge in [0.05, 0.1) is 5.69 Å². The molecular weight excluding hydrogens is 310 g/mol. The van der Waals surface area contributed by atoms with Crippen molar-refractivity contribution < 1.29 is 4.79 Å². The lowest BCUT2D eigenvalue weighted by atomic mass is 9.95. The van der Waals surface area contributed by atoms with Crippen LogP contribution in [0.1, 0.15) is 68.8 Å². The first-order valence-corrected chi connectivity index (χ1v) is 9.31. The van der Waals surface area contributed by atoms with Crippen molar-refractivity contribution in [1.82, 2.24) is 15.3 Å². The molecule has 2 atom stereocenters. The first-order valence-electron chi connectivity index (χ1n) is 8.26. The predicted octanol–water partition coefficient (Wildman–Crippen LogP) is 2.78. The van der Waals surface area contributed by atoms with E-state index in [1.54, 1.807) is 6.92 Å². The molecular formula is C17H27N3O2S. The molecule has 2 N–H and O–H groups in total. The van der Waals surface area contributed by atoms with Crippen molar-refractivity contribution in [2.45, 2.75) is 70.6 Å². The predicted molar refractivity (Wildman–Crippen MR) is 95.3 cm³/mol. The van der Waals surface area contributed by atoms with Crippen LogP contribution in [0.5, 0.6) is 0 Å². The van der Waals surface area contributed by atoms with E-state index in [1.165, 1.54) is 0 Å². The number of nitrogens with one attached hydrogen (secondary N) is 2. The van der Waals surface area contributed by atoms with E-state index in [9.17, 15) is 9.59 Å². The zero-order valence-electron chi connectivity index (χ0n) is 14.7. The number of thioether (sulfide) groups is 1. The molecule has 1 aliphatic rings. The Kier molecular flexibility index (Phi) is 5.55. The second kappa shape index (κ2) is 7.07. The Balaban J connectivity index is 2.13. The standard InChI is InChI=1S/C17H27N3O2S/c1-6-23-12-8-7-11(9-12)19-14(21)13-10(2)18-16(17(3,4)5)20-15(13)22/h11-12H,6-9H2,1-5H3,(H,19,21)(H,18,20,22)/t11-,12+/m1/s1. The molecule has 128 valence electrons. The van der Waals surface area contributed by atoms with E-state index in [1.807, 2.05) is 32.5 Å². The first-order chi connectivity index (χ1) is 10.7. The molecule has 5 nitrogen and oxygen atoms in total. The van der Waals surface area contributed by atoms with Gasteiger partial charge >= 0.3 is 0 Å². The lowest BCUT2D eigenvalue weighted by Crippen LogP contribution is -2.38. The number of carbonyl (C=O) groups is 1. The van der Waals surface area contributed by atoms with Crippen molar-refractivity contribution in [3.05, 3.63) is 27.4 Å². The van der Waals surface area contributed by atoms with Crippen LogP contribution in [0.25, 0.3) is 0 Å². The summed E-state index contributed by atoms with van der Waals surface area (Å²) in [5.41, 5.74) is 0.0327. The summed E-state index contributed by atoms with van der Waals surface area (Å²) in [6, 6.07) is 0.160. The zero-order chi connectivity index (χ0) is 17.2. The minimum atomic E-state index is -0.350. The van der Waals surface area contributed by atoms with E-state index >= 15 is 0 Å². The van der Waals surface area contributed by atoms with Crippen LogP contribution < -0.4 is 10.9 Å². The van der Waals surface area contributed by atoms with Crippen LogP contribution in [0.15, 0.2) is 4.79 Å². The van der Waals surface area contributed by atoms with E-state index in [4.69, 9.17) is 0 Å². The maximum Gasteiger partial charge on any atom is 0.264 e. The number of H-pyrrole nitrogens is 1. The molecule has 23 heavy (non-hydrogen) atoms. The van der Waals surface area contributed by atoms with Crippen LogP contribution in [0.2, 0.25) is 0 Å². The SMILES string of the molecule is CCS[C@H]1CC[C@@H](NC(=O)c2c(C)nc(C(C)(C)C)[nH]c2=O)C1. The number of rotatable bonds is 4. The molecule has 0 bridgehead atoms. The van der Waals surface area contributed by atoms with Gasteiger partial charge in [0, 0.05) is 16.7 Å². The number of aromatic nitrogens is 2. The van der Waals surface area contributed by atoms with E-state index in [2.05, 4.69) is 22.2 Å². The number of amides is 1. The molecule has 0 unspecified atom stereocenters. The number of aryl methyl sites for hydroxylation is 1. The Morgan fingerprint density at radius 2 is 2.09 bits per heavy atom. The van der Waals surface area contributed by atoms with Gasteiger partial charge in [-0.25, -0.2) is 4.98 Å². The first kappa shape index (κ1) is 18.0. The Hall–Kier alpha value is -1.30. The molecule has 1 amide bonds. The molecule has 0 spiro atoms. The van der Waals surface area contributed by atoms with Crippen molar-refractivity contribution in [3.8, 4) is 0 Å². The summed E-state index contributed by atoms with van der Waals surface area (Å²) in [6.45, 7) is 9.82. The van der Waals surface area contributed by atoms with Crippen LogP contribution in [-0.2, 0) is 5.41 Å². The van der Waals surface area contributed by atoms with E-state index in [0.29, 0.717) is 16.8 Å². The normalized spacial score (nSPS) is 21.4. The van der Waals surface area contributed by atoms with Crippen molar-refractivity contribution >= 4 is 17.7 Å². The van der Waals surface area contributed by atoms with Crippen molar-refractivity contribution in [3.63, 3.8) is 0 Å². The third-order valence-electron chi connectivity index (χ3n) is 4.16. The number of nitrogens with zero attached hydrogens (tertiary/aromatic N) is 1. The maximum absolute atomic E-state index is 12.5. The highest BCUT2D eigenvalue weighted by atomic mass is 32.2. The molecule has 1 heterocycles. The number of carbonyl (C=O) groups excluding carboxylic acids is 1. The highest BCUT2D eigenvalue weighted by Crippen LogP contribution is 2.29. The lowest BCUT2D eigenvalue weighted by Gasteiger charge is -2.19. The minimum absolute atomic E-state index is 0.143. The maximum atomic E-state index is 12.5. The Labute approximate surface area is 142 Å². The van der Waals surface area contributed by atoms with Gasteiger partial charge in [0.15, 0.2) is 0 Å². The van der Waals surface area contributed by atoms with Gasteiger partial charge in [0.2, 0.25) is 0 Å². The zero-order valence-corrected chi connectivity index (χ0v) is 15.5. The van der Waals surface area contributed by atoms with Crippen LogP contribution in [0, 0.1) is 6.92 Å². The number of hydrogen-bond acceptors (Lipinski definition) is 4. The molecule has 2 rings (SSSR count). The van der Waals surface area contributed by atoms with Crippen molar-refractivity contribution in [1.29, 1.82) is 0 Å². The van der Waals surface area contributed by atoms with Crippen LogP contribution in [0.3, 0.4) is 0 Å². The highest BCUT2D eigenvalue weighted by molar-refractivity contribution is 7.99. The monoisotopic (exact) mass is 337 g/mol. The summed E-state index contributed by atoms with van der Waals surface area (Å²) in [4.78, 5) is 32.0. The molecule has 0 radical (unpaired) electrons. The van der Waals surface area contributed by atoms with E-state index in [-0.39, 0.29) is 28.5 Å². The third kappa shape index (κ3) is 4.37. The van der Waals surface area contributed by atoms with Crippen LogP contribution >= 0.6 is 11.8 Å². The van der Waals surface area contributed by atoms with Crippen LogP contribution in [0.4, 0.5) is 0 Å². The van der Waals surface area contributed by atoms with Gasteiger partial charge in [0.1, 0.15) is 11.4 Å². The fraction of sp³-hybridized carbons (Fsp3) is 0.706. The Morgan fingerprint density at radius 1 is 1.39 bits per heavy atom. The largest absolute Gasteiger partial charge is 0.349 e. The second-order valence-corrected chi connectivity index (χ2v) is 8.76. The topological polar surface area (TPSA) is 74.8 Å². The van der Waals surface area contributed by atoms with Gasteiger partial charge in [-0.05, 0) is 31.9 Å².